The summed E-state index contributed by atoms with van der Waals surface area (Å²) < 4.78 is 10.6. The number of allylic oxidation sites excluding steroid dienone is 1. The van der Waals surface area contributed by atoms with Crippen molar-refractivity contribution in [2.45, 2.75) is 74.0 Å². The predicted molar refractivity (Wildman–Crippen MR) is 237 cm³/mol. The van der Waals surface area contributed by atoms with Crippen LogP contribution in [-0.4, -0.2) is 117 Å². The number of carboxylic acids is 1. The van der Waals surface area contributed by atoms with Gasteiger partial charge in [-0.25, -0.2) is 9.59 Å². The summed E-state index contributed by atoms with van der Waals surface area (Å²) in [5, 5.41) is 17.9. The van der Waals surface area contributed by atoms with E-state index < -0.39 is 41.4 Å². The summed E-state index contributed by atoms with van der Waals surface area (Å²) in [6.07, 6.45) is 6.27. The van der Waals surface area contributed by atoms with Crippen molar-refractivity contribution in [3.05, 3.63) is 113 Å². The number of hydrogen-bond donors (Lipinski definition) is 3. The number of rotatable bonds is 18. The van der Waals surface area contributed by atoms with Crippen LogP contribution < -0.4 is 10.6 Å². The van der Waals surface area contributed by atoms with Crippen molar-refractivity contribution in [3.8, 4) is 0 Å². The Kier molecular flexibility index (Phi) is 14.7. The quantitative estimate of drug-likeness (QED) is 0.0351. The van der Waals surface area contributed by atoms with Gasteiger partial charge >= 0.3 is 18.0 Å². The molecule has 4 aliphatic heterocycles. The van der Waals surface area contributed by atoms with E-state index in [1.54, 1.807) is 15.9 Å². The number of unbranched alkanes of at least 4 members (excludes halogenated alkanes) is 2. The van der Waals surface area contributed by atoms with E-state index in [1.807, 2.05) is 66.7 Å². The number of nitrogens with one attached hydrogen (secondary N) is 2. The lowest BCUT2D eigenvalue weighted by Crippen LogP contribution is -2.70. The van der Waals surface area contributed by atoms with Gasteiger partial charge < -0.3 is 35.0 Å². The van der Waals surface area contributed by atoms with Crippen LogP contribution in [0.2, 0.25) is 0 Å². The molecule has 2 unspecified atom stereocenters. The first-order valence-corrected chi connectivity index (χ1v) is 22.9. The Morgan fingerprint density at radius 3 is 2.56 bits per heavy atom. The Morgan fingerprint density at radius 2 is 1.81 bits per heavy atom. The Labute approximate surface area is 369 Å². The van der Waals surface area contributed by atoms with Crippen LogP contribution in [0, 0.1) is 0 Å². The number of carbonyl (C=O) groups is 6. The molecule has 4 atom stereocenters. The van der Waals surface area contributed by atoms with E-state index in [0.29, 0.717) is 43.8 Å². The number of nitrogens with zero attached hydrogens (tertiary/aromatic N) is 3. The van der Waals surface area contributed by atoms with E-state index in [0.717, 1.165) is 46.1 Å². The molecule has 4 aliphatic rings. The molecule has 14 nitrogen and oxygen atoms in total. The monoisotopic (exact) mass is 881 g/mol. The molecule has 0 spiro atoms. The number of likely N-dealkylation sites (tertiary alicyclic amines) is 2. The van der Waals surface area contributed by atoms with Gasteiger partial charge in [0.1, 0.15) is 23.7 Å². The normalized spacial score (nSPS) is 21.6. The average Bonchev–Trinajstić information content (AvgIpc) is 3.89. The number of thioether (sulfide) groups is 2. The summed E-state index contributed by atoms with van der Waals surface area (Å²) in [4.78, 5) is 84.4. The van der Waals surface area contributed by atoms with E-state index in [4.69, 9.17) is 9.47 Å². The molecular weight excluding hydrogens is 831 g/mol. The fourth-order valence-corrected chi connectivity index (χ4v) is 10.3. The Morgan fingerprint density at radius 1 is 1.02 bits per heavy atom. The third kappa shape index (κ3) is 10.2. The van der Waals surface area contributed by atoms with Gasteiger partial charge in [-0.15, -0.1) is 23.5 Å². The van der Waals surface area contributed by atoms with E-state index in [2.05, 4.69) is 24.1 Å². The topological polar surface area (TPSA) is 175 Å². The molecule has 0 aromatic heterocycles. The number of ether oxygens (including phenoxy) is 2. The van der Waals surface area contributed by atoms with Crippen molar-refractivity contribution in [2.75, 3.05) is 44.4 Å². The molecule has 3 fully saturated rings. The van der Waals surface area contributed by atoms with E-state index >= 15 is 0 Å². The van der Waals surface area contributed by atoms with Crippen molar-refractivity contribution in [1.82, 2.24) is 25.3 Å². The number of benzene rings is 3. The largest absolute Gasteiger partial charge is 0.477 e. The van der Waals surface area contributed by atoms with Crippen LogP contribution in [0.3, 0.4) is 0 Å². The second-order valence-electron chi connectivity index (χ2n) is 15.6. The number of aliphatic carboxylic acids is 1. The summed E-state index contributed by atoms with van der Waals surface area (Å²) >= 11 is 2.70. The van der Waals surface area contributed by atoms with Crippen LogP contribution in [-0.2, 0) is 40.0 Å². The number of carbonyl (C=O) groups excluding carboxylic acids is 5. The SMILES string of the molecule is C=CCOC(=O)CNCc1ccc([C@H]2C/C(=C\C3=C(C(=O)O)N4C(=O)C(NC(=O)CSc5ccc6ccccc6c5)C4SC3)C(=O)N2[C@H]2CCN(C(=O)OCCCCC)C2)cc1. The third-order valence-corrected chi connectivity index (χ3v) is 13.6. The minimum Gasteiger partial charge on any atom is -0.477 e. The summed E-state index contributed by atoms with van der Waals surface area (Å²) in [6, 6.07) is 20.0. The molecule has 3 aromatic rings. The van der Waals surface area contributed by atoms with Gasteiger partial charge in [0.15, 0.2) is 0 Å². The Hall–Kier alpha value is -5.58. The summed E-state index contributed by atoms with van der Waals surface area (Å²) in [5.41, 5.74) is 2.31. The zero-order valence-electron chi connectivity index (χ0n) is 34.6. The van der Waals surface area contributed by atoms with Crippen molar-refractivity contribution in [3.63, 3.8) is 0 Å². The van der Waals surface area contributed by atoms with Crippen LogP contribution in [0.25, 0.3) is 10.8 Å². The zero-order chi connectivity index (χ0) is 43.8. The molecule has 16 heteroatoms. The Balaban J connectivity index is 1.05. The average molecular weight is 882 g/mol. The number of hydrogen-bond acceptors (Lipinski definition) is 11. The van der Waals surface area contributed by atoms with Crippen molar-refractivity contribution < 1.29 is 43.3 Å². The summed E-state index contributed by atoms with van der Waals surface area (Å²) in [5.74, 6) is -2.52. The van der Waals surface area contributed by atoms with Gasteiger partial charge in [-0.2, -0.15) is 0 Å². The molecular formula is C46H51N5O9S2. The van der Waals surface area contributed by atoms with Crippen LogP contribution in [0.5, 0.6) is 0 Å². The first-order valence-electron chi connectivity index (χ1n) is 20.9. The fourth-order valence-electron chi connectivity index (χ4n) is 8.21. The minimum absolute atomic E-state index is 0.0330. The van der Waals surface area contributed by atoms with Crippen LogP contribution in [0.1, 0.15) is 56.2 Å². The number of β-lactam (4-membered cyclic amide) rings is 1. The highest BCUT2D eigenvalue weighted by Crippen LogP contribution is 2.44. The molecule has 326 valence electrons. The molecule has 7 rings (SSSR count). The molecule has 3 N–H and O–H groups in total. The van der Waals surface area contributed by atoms with Gasteiger partial charge in [-0.1, -0.05) is 87.0 Å². The van der Waals surface area contributed by atoms with Crippen LogP contribution in [0.4, 0.5) is 4.79 Å². The van der Waals surface area contributed by atoms with Gasteiger partial charge in [0.2, 0.25) is 5.91 Å². The second kappa shape index (κ2) is 20.5. The fraction of sp³-hybridized carbons (Fsp3) is 0.391. The lowest BCUT2D eigenvalue weighted by atomic mass is 9.98. The molecule has 3 saturated heterocycles. The maximum atomic E-state index is 14.5. The Bertz CT molecular complexity index is 2280. The van der Waals surface area contributed by atoms with E-state index in [9.17, 15) is 33.9 Å². The lowest BCUT2D eigenvalue weighted by Gasteiger charge is -2.49. The van der Waals surface area contributed by atoms with Crippen molar-refractivity contribution in [1.29, 1.82) is 0 Å². The molecule has 0 bridgehead atoms. The van der Waals surface area contributed by atoms with E-state index in [1.165, 1.54) is 34.5 Å². The molecule has 0 aliphatic carbocycles. The van der Waals surface area contributed by atoms with Gasteiger partial charge in [0.05, 0.1) is 31.0 Å². The number of esters is 1. The number of carboxylic acid groups (broad SMARTS) is 1. The second-order valence-corrected chi connectivity index (χ2v) is 17.7. The first-order chi connectivity index (χ1) is 30.1. The lowest BCUT2D eigenvalue weighted by molar-refractivity contribution is -0.150. The number of fused-ring (bicyclic) bond motifs is 2. The van der Waals surface area contributed by atoms with Gasteiger partial charge in [-0.3, -0.25) is 24.1 Å². The van der Waals surface area contributed by atoms with Gasteiger partial charge in [-0.05, 0) is 58.5 Å². The first kappa shape index (κ1) is 44.5. The molecule has 0 radical (unpaired) electrons. The maximum absolute atomic E-state index is 14.5. The summed E-state index contributed by atoms with van der Waals surface area (Å²) in [6.45, 7) is 7.26. The number of amides is 4. The van der Waals surface area contributed by atoms with Crippen LogP contribution >= 0.6 is 23.5 Å². The molecule has 4 heterocycles. The highest BCUT2D eigenvalue weighted by molar-refractivity contribution is 8.00. The van der Waals surface area contributed by atoms with Gasteiger partial charge in [0.25, 0.3) is 11.8 Å². The maximum Gasteiger partial charge on any atom is 0.409 e. The minimum atomic E-state index is -1.30. The zero-order valence-corrected chi connectivity index (χ0v) is 36.2. The van der Waals surface area contributed by atoms with Gasteiger partial charge in [0, 0.05) is 42.3 Å². The van der Waals surface area contributed by atoms with Crippen LogP contribution in [0.15, 0.2) is 107 Å². The highest BCUT2D eigenvalue weighted by Gasteiger charge is 2.54. The molecule has 0 saturated carbocycles. The standard InChI is InChI=1S/C46H51N5O9S2/c1-3-5-8-20-60-46(58)49-18-17-35(26-49)50-37(31-13-11-29(12-14-31)24-47-25-39(53)59-19-4-2)23-33(42(50)54)21-34-27-62-44-40(43(55)51(44)41(34)45(56)57)48-38(52)28-61-36-16-15-30-9-6-7-10-32(30)22-36/h4,6-7,9-16,21-22,35,37,40,44,47H,2-3,5,8,17-20,23-28H2,1H3,(H,48,52)(H,56,57)/b33-21+/t35-,37+,40?,44?/m0/s1. The molecule has 4 amide bonds. The smallest absolute Gasteiger partial charge is 0.409 e. The predicted octanol–water partition coefficient (Wildman–Crippen LogP) is 5.79. The van der Waals surface area contributed by atoms with Crippen molar-refractivity contribution in [2.24, 2.45) is 0 Å². The molecule has 62 heavy (non-hydrogen) atoms. The van der Waals surface area contributed by atoms with Crippen molar-refractivity contribution >= 4 is 70.0 Å². The highest BCUT2D eigenvalue weighted by atomic mass is 32.2. The van der Waals surface area contributed by atoms with E-state index in [-0.39, 0.29) is 54.6 Å². The third-order valence-electron chi connectivity index (χ3n) is 11.3. The molecule has 3 aromatic carbocycles. The summed E-state index contributed by atoms with van der Waals surface area (Å²) in [7, 11) is 0.